The van der Waals surface area contributed by atoms with Crippen molar-refractivity contribution >= 4 is 29.1 Å². The summed E-state index contributed by atoms with van der Waals surface area (Å²) in [6.07, 6.45) is 0. The van der Waals surface area contributed by atoms with Crippen LogP contribution in [0, 0.1) is 6.92 Å². The number of hydrogen-bond donors (Lipinski definition) is 1. The highest BCUT2D eigenvalue weighted by Gasteiger charge is 2.22. The number of hydrogen-bond acceptors (Lipinski definition) is 4. The van der Waals surface area contributed by atoms with Crippen LogP contribution in [-0.4, -0.2) is 42.3 Å². The van der Waals surface area contributed by atoms with E-state index >= 15 is 0 Å². The molecule has 0 unspecified atom stereocenters. The smallest absolute Gasteiger partial charge is 0.321 e. The van der Waals surface area contributed by atoms with E-state index in [1.54, 1.807) is 29.2 Å². The van der Waals surface area contributed by atoms with Crippen LogP contribution in [0.25, 0.3) is 0 Å². The Labute approximate surface area is 133 Å². The normalized spacial score (nSPS) is 15.0. The van der Waals surface area contributed by atoms with E-state index in [0.29, 0.717) is 18.1 Å². The number of halogens is 1. The van der Waals surface area contributed by atoms with Gasteiger partial charge in [-0.25, -0.2) is 4.79 Å². The van der Waals surface area contributed by atoms with Crippen LogP contribution in [0.3, 0.4) is 0 Å². The third-order valence-corrected chi connectivity index (χ3v) is 3.85. The van der Waals surface area contributed by atoms with Gasteiger partial charge in [0.1, 0.15) is 5.76 Å². The second-order valence-electron chi connectivity index (χ2n) is 5.21. The van der Waals surface area contributed by atoms with E-state index in [1.807, 2.05) is 13.0 Å². The molecule has 1 N–H and O–H groups in total. The number of nitrogens with zero attached hydrogens (tertiary/aromatic N) is 3. The van der Waals surface area contributed by atoms with Crippen LogP contribution >= 0.6 is 11.6 Å². The Balaban J connectivity index is 1.54. The summed E-state index contributed by atoms with van der Waals surface area (Å²) in [5.41, 5.74) is 0.740. The molecule has 22 heavy (non-hydrogen) atoms. The molecule has 1 aliphatic heterocycles. The minimum Gasteiger partial charge on any atom is -0.360 e. The third kappa shape index (κ3) is 3.33. The Morgan fingerprint density at radius 2 is 1.91 bits per heavy atom. The molecule has 0 spiro atoms. The maximum Gasteiger partial charge on any atom is 0.321 e. The number of carbonyl (C=O) groups excluding carboxylic acids is 1. The molecule has 116 valence electrons. The van der Waals surface area contributed by atoms with Crippen LogP contribution in [0.5, 0.6) is 0 Å². The van der Waals surface area contributed by atoms with Gasteiger partial charge in [-0.2, -0.15) is 0 Å². The molecular formula is C15H17ClN4O2. The first-order valence-electron chi connectivity index (χ1n) is 7.11. The van der Waals surface area contributed by atoms with Gasteiger partial charge in [-0.05, 0) is 31.2 Å². The van der Waals surface area contributed by atoms with Gasteiger partial charge < -0.3 is 19.6 Å². The van der Waals surface area contributed by atoms with Crippen molar-refractivity contribution in [2.24, 2.45) is 0 Å². The fraction of sp³-hybridized carbons (Fsp3) is 0.333. The summed E-state index contributed by atoms with van der Waals surface area (Å²) < 4.78 is 5.09. The predicted octanol–water partition coefficient (Wildman–Crippen LogP) is 2.99. The van der Waals surface area contributed by atoms with Crippen molar-refractivity contribution in [1.29, 1.82) is 0 Å². The van der Waals surface area contributed by atoms with Crippen LogP contribution in [-0.2, 0) is 0 Å². The fourth-order valence-corrected chi connectivity index (χ4v) is 2.50. The van der Waals surface area contributed by atoms with E-state index < -0.39 is 0 Å². The van der Waals surface area contributed by atoms with Crippen molar-refractivity contribution in [3.05, 3.63) is 41.1 Å². The van der Waals surface area contributed by atoms with Gasteiger partial charge in [-0.3, -0.25) is 0 Å². The minimum absolute atomic E-state index is 0.0988. The largest absolute Gasteiger partial charge is 0.360 e. The molecule has 0 atom stereocenters. The van der Waals surface area contributed by atoms with E-state index in [9.17, 15) is 4.79 Å². The molecule has 0 bridgehead atoms. The van der Waals surface area contributed by atoms with Crippen LogP contribution in [0.1, 0.15) is 5.76 Å². The molecule has 2 amide bonds. The Hall–Kier alpha value is -2.21. The first-order chi connectivity index (χ1) is 10.6. The number of rotatable bonds is 2. The summed E-state index contributed by atoms with van der Waals surface area (Å²) in [6, 6.07) is 8.88. The van der Waals surface area contributed by atoms with Gasteiger partial charge >= 0.3 is 6.03 Å². The Bertz CT molecular complexity index is 648. The summed E-state index contributed by atoms with van der Waals surface area (Å²) in [5.74, 6) is 1.62. The van der Waals surface area contributed by atoms with Crippen molar-refractivity contribution < 1.29 is 9.32 Å². The van der Waals surface area contributed by atoms with Gasteiger partial charge in [0.15, 0.2) is 5.82 Å². The topological polar surface area (TPSA) is 61.6 Å². The van der Waals surface area contributed by atoms with Crippen LogP contribution < -0.4 is 10.2 Å². The second kappa shape index (κ2) is 6.27. The predicted molar refractivity (Wildman–Crippen MR) is 85.5 cm³/mol. The van der Waals surface area contributed by atoms with E-state index in [0.717, 1.165) is 30.4 Å². The van der Waals surface area contributed by atoms with Crippen molar-refractivity contribution in [3.63, 3.8) is 0 Å². The zero-order valence-electron chi connectivity index (χ0n) is 12.3. The van der Waals surface area contributed by atoms with Crippen LogP contribution in [0.2, 0.25) is 5.02 Å². The van der Waals surface area contributed by atoms with Crippen LogP contribution in [0.15, 0.2) is 34.9 Å². The molecule has 3 rings (SSSR count). The van der Waals surface area contributed by atoms with E-state index in [1.165, 1.54) is 0 Å². The zero-order valence-corrected chi connectivity index (χ0v) is 13.0. The maximum atomic E-state index is 12.2. The van der Waals surface area contributed by atoms with Gasteiger partial charge in [-0.1, -0.05) is 16.8 Å². The molecule has 6 nitrogen and oxygen atoms in total. The summed E-state index contributed by atoms with van der Waals surface area (Å²) >= 11 is 5.83. The Kier molecular flexibility index (Phi) is 4.20. The number of carbonyl (C=O) groups is 1. The Morgan fingerprint density at radius 1 is 1.23 bits per heavy atom. The highest BCUT2D eigenvalue weighted by Crippen LogP contribution is 2.17. The van der Waals surface area contributed by atoms with E-state index in [4.69, 9.17) is 16.1 Å². The van der Waals surface area contributed by atoms with Crippen molar-refractivity contribution in [1.82, 2.24) is 10.1 Å². The van der Waals surface area contributed by atoms with Gasteiger partial charge in [0.25, 0.3) is 0 Å². The lowest BCUT2D eigenvalue weighted by atomic mass is 10.3. The lowest BCUT2D eigenvalue weighted by molar-refractivity contribution is 0.208. The van der Waals surface area contributed by atoms with Gasteiger partial charge in [0.2, 0.25) is 0 Å². The van der Waals surface area contributed by atoms with Crippen LogP contribution in [0.4, 0.5) is 16.3 Å². The lowest BCUT2D eigenvalue weighted by Gasteiger charge is -2.34. The number of amides is 2. The van der Waals surface area contributed by atoms with Crippen molar-refractivity contribution in [2.45, 2.75) is 6.92 Å². The summed E-state index contributed by atoms with van der Waals surface area (Å²) in [4.78, 5) is 16.1. The molecule has 0 radical (unpaired) electrons. The second-order valence-corrected chi connectivity index (χ2v) is 5.64. The average Bonchev–Trinajstić information content (AvgIpc) is 2.96. The standard InChI is InChI=1S/C15H17ClN4O2/c1-11-10-14(18-22-11)19-6-8-20(9-7-19)15(21)17-13-4-2-12(16)3-5-13/h2-5,10H,6-9H2,1H3,(H,17,21). The molecule has 1 aromatic carbocycles. The quantitative estimate of drug-likeness (QED) is 0.924. The van der Waals surface area contributed by atoms with E-state index in [2.05, 4.69) is 15.4 Å². The third-order valence-electron chi connectivity index (χ3n) is 3.60. The number of nitrogens with one attached hydrogen (secondary N) is 1. The number of aryl methyl sites for hydroxylation is 1. The SMILES string of the molecule is Cc1cc(N2CCN(C(=O)Nc3ccc(Cl)cc3)CC2)no1. The van der Waals surface area contributed by atoms with Crippen molar-refractivity contribution in [2.75, 3.05) is 36.4 Å². The number of piperazine rings is 1. The number of urea groups is 1. The average molecular weight is 321 g/mol. The molecule has 0 aliphatic carbocycles. The molecule has 2 heterocycles. The molecule has 1 fully saturated rings. The highest BCUT2D eigenvalue weighted by molar-refractivity contribution is 6.30. The summed E-state index contributed by atoms with van der Waals surface area (Å²) in [5, 5.41) is 7.53. The first kappa shape index (κ1) is 14.7. The van der Waals surface area contributed by atoms with Gasteiger partial charge in [0, 0.05) is 43.0 Å². The maximum absolute atomic E-state index is 12.2. The number of anilines is 2. The van der Waals surface area contributed by atoms with Gasteiger partial charge in [0.05, 0.1) is 0 Å². The Morgan fingerprint density at radius 3 is 2.50 bits per heavy atom. The molecule has 1 aliphatic rings. The molecule has 1 saturated heterocycles. The first-order valence-corrected chi connectivity index (χ1v) is 7.49. The summed E-state index contributed by atoms with van der Waals surface area (Å²) in [7, 11) is 0. The molecular weight excluding hydrogens is 304 g/mol. The minimum atomic E-state index is -0.0988. The number of benzene rings is 1. The molecule has 1 aromatic heterocycles. The fourth-order valence-electron chi connectivity index (χ4n) is 2.38. The number of aromatic nitrogens is 1. The highest BCUT2D eigenvalue weighted by atomic mass is 35.5. The monoisotopic (exact) mass is 320 g/mol. The summed E-state index contributed by atoms with van der Waals surface area (Å²) in [6.45, 7) is 4.63. The van der Waals surface area contributed by atoms with Crippen molar-refractivity contribution in [3.8, 4) is 0 Å². The van der Waals surface area contributed by atoms with Gasteiger partial charge in [-0.15, -0.1) is 0 Å². The molecule has 2 aromatic rings. The lowest BCUT2D eigenvalue weighted by Crippen LogP contribution is -2.50. The molecule has 0 saturated carbocycles. The molecule has 7 heteroatoms. The van der Waals surface area contributed by atoms with E-state index in [-0.39, 0.29) is 6.03 Å². The zero-order chi connectivity index (χ0) is 15.5.